The molecule has 0 radical (unpaired) electrons. The molecule has 0 saturated heterocycles. The van der Waals surface area contributed by atoms with Gasteiger partial charge in [-0.3, -0.25) is 9.59 Å². The van der Waals surface area contributed by atoms with Gasteiger partial charge in [0.15, 0.2) is 0 Å². The minimum Gasteiger partial charge on any atom is -0.466 e. The molecule has 0 saturated carbocycles. The van der Waals surface area contributed by atoms with E-state index >= 15 is 0 Å². The van der Waals surface area contributed by atoms with Crippen molar-refractivity contribution in [2.45, 2.75) is 456 Å². The summed E-state index contributed by atoms with van der Waals surface area (Å²) < 4.78 is 5.47. The van der Waals surface area contributed by atoms with E-state index in [0.717, 1.165) is 51.4 Å². The van der Waals surface area contributed by atoms with Crippen LogP contribution in [0.3, 0.4) is 0 Å². The molecule has 2 atom stereocenters. The second-order valence-electron chi connectivity index (χ2n) is 27.4. The van der Waals surface area contributed by atoms with Crippen LogP contribution in [0.5, 0.6) is 0 Å². The third kappa shape index (κ3) is 73.0. The molecule has 87 heavy (non-hydrogen) atoms. The predicted molar refractivity (Wildman–Crippen MR) is 384 cm³/mol. The molecule has 3 N–H and O–H groups in total. The van der Waals surface area contributed by atoms with Crippen LogP contribution in [0.1, 0.15) is 444 Å². The van der Waals surface area contributed by atoms with Gasteiger partial charge in [0.1, 0.15) is 0 Å². The van der Waals surface area contributed by atoms with Gasteiger partial charge < -0.3 is 20.3 Å². The van der Waals surface area contributed by atoms with Gasteiger partial charge in [-0.15, -0.1) is 0 Å². The zero-order chi connectivity index (χ0) is 62.8. The molecule has 0 aliphatic rings. The number of allylic oxidation sites excluding steroid dienone is 6. The van der Waals surface area contributed by atoms with Crippen LogP contribution < -0.4 is 5.32 Å². The maximum absolute atomic E-state index is 12.6. The Morgan fingerprint density at radius 3 is 0.920 bits per heavy atom. The van der Waals surface area contributed by atoms with Crippen molar-refractivity contribution in [2.24, 2.45) is 0 Å². The van der Waals surface area contributed by atoms with Crippen molar-refractivity contribution in [1.82, 2.24) is 5.32 Å². The first-order chi connectivity index (χ1) is 43.0. The number of carbonyl (C=O) groups excluding carboxylic acids is 2. The molecule has 6 heteroatoms. The van der Waals surface area contributed by atoms with Gasteiger partial charge in [-0.25, -0.2) is 0 Å². The van der Waals surface area contributed by atoms with Crippen molar-refractivity contribution >= 4 is 11.9 Å². The summed E-state index contributed by atoms with van der Waals surface area (Å²) in [5.41, 5.74) is 0. The van der Waals surface area contributed by atoms with Crippen molar-refractivity contribution in [3.63, 3.8) is 0 Å². The van der Waals surface area contributed by atoms with E-state index in [0.29, 0.717) is 25.9 Å². The zero-order valence-electron chi connectivity index (χ0n) is 59.0. The average molecular weight is 1220 g/mol. The Morgan fingerprint density at radius 2 is 0.586 bits per heavy atom. The quantitative estimate of drug-likeness (QED) is 0.0320. The van der Waals surface area contributed by atoms with E-state index in [1.54, 1.807) is 0 Å². The number of ether oxygens (including phenoxy) is 1. The number of hydrogen-bond acceptors (Lipinski definition) is 5. The average Bonchev–Trinajstić information content (AvgIpc) is 3.53. The topological polar surface area (TPSA) is 95.9 Å². The van der Waals surface area contributed by atoms with Gasteiger partial charge in [0.2, 0.25) is 5.91 Å². The molecule has 2 unspecified atom stereocenters. The third-order valence-electron chi connectivity index (χ3n) is 18.7. The lowest BCUT2D eigenvalue weighted by molar-refractivity contribution is -0.143. The highest BCUT2D eigenvalue weighted by molar-refractivity contribution is 5.76. The molecule has 0 rings (SSSR count). The van der Waals surface area contributed by atoms with E-state index < -0.39 is 12.1 Å². The molecule has 0 spiro atoms. The minimum absolute atomic E-state index is 0.00965. The highest BCUT2D eigenvalue weighted by Crippen LogP contribution is 2.20. The highest BCUT2D eigenvalue weighted by Gasteiger charge is 2.20. The van der Waals surface area contributed by atoms with E-state index in [2.05, 4.69) is 55.6 Å². The Hall–Kier alpha value is -1.92. The molecule has 0 aromatic carbocycles. The molecule has 6 nitrogen and oxygen atoms in total. The van der Waals surface area contributed by atoms with Gasteiger partial charge in [0, 0.05) is 12.8 Å². The number of aliphatic hydroxyl groups excluding tert-OH is 2. The normalized spacial score (nSPS) is 12.6. The van der Waals surface area contributed by atoms with Crippen LogP contribution in [-0.4, -0.2) is 47.4 Å². The predicted octanol–water partition coefficient (Wildman–Crippen LogP) is 26.2. The second-order valence-corrected chi connectivity index (χ2v) is 27.4. The Kier molecular flexibility index (Phi) is 74.8. The van der Waals surface area contributed by atoms with Crippen molar-refractivity contribution in [2.75, 3.05) is 13.2 Å². The molecule has 1 amide bonds. The smallest absolute Gasteiger partial charge is 0.305 e. The van der Waals surface area contributed by atoms with Crippen LogP contribution in [-0.2, 0) is 14.3 Å². The van der Waals surface area contributed by atoms with Crippen molar-refractivity contribution in [1.29, 1.82) is 0 Å². The molecular formula is C81H155NO5. The number of nitrogens with one attached hydrogen (secondary N) is 1. The monoisotopic (exact) mass is 1220 g/mol. The summed E-state index contributed by atoms with van der Waals surface area (Å²) in [4.78, 5) is 24.6. The van der Waals surface area contributed by atoms with Gasteiger partial charge in [-0.05, 0) is 77.0 Å². The third-order valence-corrected chi connectivity index (χ3v) is 18.7. The fourth-order valence-corrected chi connectivity index (χ4v) is 12.6. The fourth-order valence-electron chi connectivity index (χ4n) is 12.6. The first-order valence-corrected chi connectivity index (χ1v) is 39.7. The molecule has 0 aromatic rings. The lowest BCUT2D eigenvalue weighted by Gasteiger charge is -2.22. The molecule has 0 heterocycles. The van der Waals surface area contributed by atoms with E-state index in [9.17, 15) is 19.8 Å². The van der Waals surface area contributed by atoms with Crippen LogP contribution in [0.25, 0.3) is 0 Å². The van der Waals surface area contributed by atoms with E-state index in [1.165, 1.54) is 360 Å². The lowest BCUT2D eigenvalue weighted by atomic mass is 10.0. The van der Waals surface area contributed by atoms with Crippen molar-refractivity contribution in [3.8, 4) is 0 Å². The SMILES string of the molecule is CCCC/C=C\CCCCCCCC(=O)OCCCCCCCCCCCCCCCCC/C=C\C/C=C\CCCCCCCCCCCCCCCCCCCC(=O)NC(CO)C(O)CCCCCCCCCCCCCCCCCCCCCC. The first kappa shape index (κ1) is 85.1. The molecule has 514 valence electrons. The molecule has 0 aromatic heterocycles. The first-order valence-electron chi connectivity index (χ1n) is 39.7. The van der Waals surface area contributed by atoms with Crippen molar-refractivity contribution < 1.29 is 24.5 Å². The van der Waals surface area contributed by atoms with E-state index in [-0.39, 0.29) is 18.5 Å². The number of aliphatic hydroxyl groups is 2. The number of unbranched alkanes of at least 4 members (excludes halogenated alkanes) is 58. The summed E-state index contributed by atoms with van der Waals surface area (Å²) in [6, 6.07) is -0.540. The largest absolute Gasteiger partial charge is 0.466 e. The summed E-state index contributed by atoms with van der Waals surface area (Å²) in [7, 11) is 0. The van der Waals surface area contributed by atoms with Gasteiger partial charge in [0.25, 0.3) is 0 Å². The van der Waals surface area contributed by atoms with Crippen LogP contribution >= 0.6 is 0 Å². The minimum atomic E-state index is -0.663. The summed E-state index contributed by atoms with van der Waals surface area (Å²) in [5.74, 6) is -0.0174. The maximum atomic E-state index is 12.6. The summed E-state index contributed by atoms with van der Waals surface area (Å²) in [6.45, 7) is 4.96. The number of rotatable bonds is 75. The molecule has 0 aliphatic carbocycles. The lowest BCUT2D eigenvalue weighted by Crippen LogP contribution is -2.45. The summed E-state index contributed by atoms with van der Waals surface area (Å²) in [6.07, 6.45) is 99.6. The fraction of sp³-hybridized carbons (Fsp3) is 0.901. The van der Waals surface area contributed by atoms with Gasteiger partial charge >= 0.3 is 5.97 Å². The molecule has 0 bridgehead atoms. The highest BCUT2D eigenvalue weighted by atomic mass is 16.5. The second kappa shape index (κ2) is 76.5. The molecular weight excluding hydrogens is 1070 g/mol. The number of carbonyl (C=O) groups is 2. The Morgan fingerprint density at radius 1 is 0.322 bits per heavy atom. The molecule has 0 fully saturated rings. The zero-order valence-corrected chi connectivity index (χ0v) is 59.0. The van der Waals surface area contributed by atoms with Crippen LogP contribution in [0.15, 0.2) is 36.5 Å². The van der Waals surface area contributed by atoms with Gasteiger partial charge in [-0.1, -0.05) is 391 Å². The Labute approximate surface area is 544 Å². The van der Waals surface area contributed by atoms with Crippen LogP contribution in [0, 0.1) is 0 Å². The summed E-state index contributed by atoms with van der Waals surface area (Å²) >= 11 is 0. The molecule has 0 aliphatic heterocycles. The number of hydrogen-bond donors (Lipinski definition) is 3. The van der Waals surface area contributed by atoms with Crippen molar-refractivity contribution in [3.05, 3.63) is 36.5 Å². The summed E-state index contributed by atoms with van der Waals surface area (Å²) in [5, 5.41) is 23.4. The van der Waals surface area contributed by atoms with E-state index in [4.69, 9.17) is 4.74 Å². The Bertz CT molecular complexity index is 1410. The number of amides is 1. The number of esters is 1. The Balaban J connectivity index is 3.36. The van der Waals surface area contributed by atoms with Crippen LogP contribution in [0.2, 0.25) is 0 Å². The van der Waals surface area contributed by atoms with Gasteiger partial charge in [0.05, 0.1) is 25.4 Å². The maximum Gasteiger partial charge on any atom is 0.305 e. The van der Waals surface area contributed by atoms with Crippen LogP contribution in [0.4, 0.5) is 0 Å². The standard InChI is InChI=1S/C81H155NO5/c1-3-5-7-9-11-13-15-16-17-18-19-41-44-47-50-54-57-61-65-69-73-79(84)78(77-83)82-80(85)74-70-66-62-58-55-51-48-45-42-39-37-35-33-31-29-27-25-23-21-20-22-24-26-28-30-32-34-36-38-40-43-46-49-52-56-60-64-68-72-76-87-81(86)75-71-67-63-59-53-14-12-10-8-6-4-2/h10,12,20-21,24,26,78-79,83-84H,3-9,11,13-19,22-23,25,27-77H2,1-2H3,(H,82,85)/b12-10-,21-20-,26-24-. The van der Waals surface area contributed by atoms with E-state index in [1.807, 2.05) is 0 Å². The van der Waals surface area contributed by atoms with Gasteiger partial charge in [-0.2, -0.15) is 0 Å².